The molecule has 10 nitrogen and oxygen atoms in total. The van der Waals surface area contributed by atoms with E-state index in [-0.39, 0.29) is 29.5 Å². The molecular weight excluding hydrogens is 499 g/mol. The predicted octanol–water partition coefficient (Wildman–Crippen LogP) is 4.28. The van der Waals surface area contributed by atoms with Crippen LogP contribution in [0.5, 0.6) is 0 Å². The molecule has 4 aromatic rings. The Balaban J connectivity index is 1.49. The summed E-state index contributed by atoms with van der Waals surface area (Å²) in [6.45, 7) is 1.59. The number of anilines is 1. The van der Waals surface area contributed by atoms with Crippen molar-refractivity contribution in [1.82, 2.24) is 20.1 Å². The van der Waals surface area contributed by atoms with E-state index < -0.39 is 16.6 Å². The Hall–Kier alpha value is -4.58. The van der Waals surface area contributed by atoms with Gasteiger partial charge < -0.3 is 10.6 Å². The fourth-order valence-corrected chi connectivity index (χ4v) is 4.18. The van der Waals surface area contributed by atoms with E-state index in [4.69, 9.17) is 0 Å². The molecule has 0 saturated heterocycles. The second kappa shape index (κ2) is 11.4. The first-order valence-electron chi connectivity index (χ1n) is 11.0. The van der Waals surface area contributed by atoms with Gasteiger partial charge in [-0.2, -0.15) is 0 Å². The van der Waals surface area contributed by atoms with Crippen molar-refractivity contribution in [2.75, 3.05) is 11.1 Å². The third-order valence-electron chi connectivity index (χ3n) is 5.25. The summed E-state index contributed by atoms with van der Waals surface area (Å²) in [6.07, 6.45) is 0. The number of benzene rings is 3. The second-order valence-electron chi connectivity index (χ2n) is 7.85. The normalized spacial score (nSPS) is 10.6. The number of rotatable bonds is 9. The van der Waals surface area contributed by atoms with Gasteiger partial charge >= 0.3 is 0 Å². The van der Waals surface area contributed by atoms with Crippen molar-refractivity contribution in [2.24, 2.45) is 0 Å². The molecule has 12 heteroatoms. The first-order valence-corrected chi connectivity index (χ1v) is 12.0. The Morgan fingerprint density at radius 1 is 1.05 bits per heavy atom. The highest BCUT2D eigenvalue weighted by atomic mass is 32.2. The van der Waals surface area contributed by atoms with Crippen LogP contribution in [0.2, 0.25) is 0 Å². The van der Waals surface area contributed by atoms with Crippen LogP contribution in [-0.4, -0.2) is 37.3 Å². The second-order valence-corrected chi connectivity index (χ2v) is 8.80. The first kappa shape index (κ1) is 25.5. The number of hydrogen-bond acceptors (Lipinski definition) is 7. The highest BCUT2D eigenvalue weighted by Gasteiger charge is 2.19. The smallest absolute Gasteiger partial charge is 0.273 e. The lowest BCUT2D eigenvalue weighted by Gasteiger charge is -2.11. The molecule has 2 amide bonds. The number of carbonyl (C=O) groups excluding carboxylic acids is 2. The number of halogens is 1. The average molecular weight is 521 g/mol. The predicted molar refractivity (Wildman–Crippen MR) is 136 cm³/mol. The van der Waals surface area contributed by atoms with Gasteiger partial charge in [-0.15, -0.1) is 10.2 Å². The van der Waals surface area contributed by atoms with Gasteiger partial charge in [-0.3, -0.25) is 24.3 Å². The fraction of sp³-hybridized carbons (Fsp3) is 0.120. The van der Waals surface area contributed by atoms with Crippen molar-refractivity contribution < 1.29 is 18.9 Å². The lowest BCUT2D eigenvalue weighted by molar-refractivity contribution is -0.385. The van der Waals surface area contributed by atoms with Crippen LogP contribution >= 0.6 is 11.8 Å². The Bertz CT molecular complexity index is 1440. The van der Waals surface area contributed by atoms with Gasteiger partial charge in [-0.25, -0.2) is 4.39 Å². The molecule has 0 aliphatic carbocycles. The maximum Gasteiger partial charge on any atom is 0.273 e. The van der Waals surface area contributed by atoms with Crippen LogP contribution in [0.25, 0.3) is 5.69 Å². The molecule has 188 valence electrons. The van der Waals surface area contributed by atoms with Crippen molar-refractivity contribution in [3.8, 4) is 5.69 Å². The Morgan fingerprint density at radius 3 is 2.49 bits per heavy atom. The Labute approximate surface area is 215 Å². The van der Waals surface area contributed by atoms with Crippen LogP contribution in [-0.2, 0) is 11.3 Å². The molecule has 0 fully saturated rings. The molecule has 1 heterocycles. The average Bonchev–Trinajstić information content (AvgIpc) is 3.30. The summed E-state index contributed by atoms with van der Waals surface area (Å²) in [7, 11) is 0. The third kappa shape index (κ3) is 6.35. The van der Waals surface area contributed by atoms with Crippen LogP contribution in [0.3, 0.4) is 0 Å². The number of hydrogen-bond donors (Lipinski definition) is 2. The van der Waals surface area contributed by atoms with E-state index in [1.54, 1.807) is 11.5 Å². The van der Waals surface area contributed by atoms with E-state index in [1.807, 2.05) is 30.3 Å². The number of nitrogens with one attached hydrogen (secondary N) is 2. The number of aryl methyl sites for hydroxylation is 1. The van der Waals surface area contributed by atoms with Crippen LogP contribution in [0.15, 0.2) is 78.0 Å². The van der Waals surface area contributed by atoms with Crippen LogP contribution in [0, 0.1) is 22.9 Å². The topological polar surface area (TPSA) is 132 Å². The molecule has 1 aromatic heterocycles. The zero-order valence-electron chi connectivity index (χ0n) is 19.6. The van der Waals surface area contributed by atoms with E-state index in [0.29, 0.717) is 22.2 Å². The van der Waals surface area contributed by atoms with Crippen molar-refractivity contribution in [2.45, 2.75) is 18.6 Å². The molecule has 3 aromatic carbocycles. The molecule has 0 spiro atoms. The van der Waals surface area contributed by atoms with Gasteiger partial charge in [-0.1, -0.05) is 36.0 Å². The fourth-order valence-electron chi connectivity index (χ4n) is 3.41. The largest absolute Gasteiger partial charge is 0.345 e. The lowest BCUT2D eigenvalue weighted by Crippen LogP contribution is -2.24. The third-order valence-corrected chi connectivity index (χ3v) is 6.18. The number of para-hydroxylation sites is 1. The van der Waals surface area contributed by atoms with Gasteiger partial charge in [-0.05, 0) is 49.4 Å². The van der Waals surface area contributed by atoms with Crippen LogP contribution < -0.4 is 10.6 Å². The van der Waals surface area contributed by atoms with E-state index in [9.17, 15) is 24.1 Å². The molecule has 0 aliphatic rings. The summed E-state index contributed by atoms with van der Waals surface area (Å²) < 4.78 is 14.8. The molecule has 0 bridgehead atoms. The summed E-state index contributed by atoms with van der Waals surface area (Å²) >= 11 is 1.15. The molecule has 0 unspecified atom stereocenters. The van der Waals surface area contributed by atoms with Crippen LogP contribution in [0.1, 0.15) is 21.7 Å². The quantitative estimate of drug-likeness (QED) is 0.191. The summed E-state index contributed by atoms with van der Waals surface area (Å²) in [5.41, 5.74) is 1.66. The SMILES string of the molecule is Cc1ccc(C(=O)NCc2nnc(SCC(=O)Nc3ccc(F)cc3)n2-c2ccccc2)cc1[N+](=O)[O-]. The van der Waals surface area contributed by atoms with Crippen molar-refractivity contribution >= 4 is 35.0 Å². The summed E-state index contributed by atoms with van der Waals surface area (Å²) in [5, 5.41) is 25.4. The minimum absolute atomic E-state index is 0.00919. The zero-order chi connectivity index (χ0) is 26.4. The van der Waals surface area contributed by atoms with Crippen LogP contribution in [0.4, 0.5) is 15.8 Å². The highest BCUT2D eigenvalue weighted by molar-refractivity contribution is 7.99. The number of aromatic nitrogens is 3. The lowest BCUT2D eigenvalue weighted by atomic mass is 10.1. The molecule has 4 rings (SSSR count). The summed E-state index contributed by atoms with van der Waals surface area (Å²) in [4.78, 5) is 35.8. The number of nitro benzene ring substituents is 1. The molecule has 2 N–H and O–H groups in total. The number of thioether (sulfide) groups is 1. The summed E-state index contributed by atoms with van der Waals surface area (Å²) in [6, 6.07) is 18.9. The first-order chi connectivity index (χ1) is 17.8. The van der Waals surface area contributed by atoms with E-state index in [0.717, 1.165) is 17.4 Å². The number of nitrogens with zero attached hydrogens (tertiary/aromatic N) is 4. The van der Waals surface area contributed by atoms with Gasteiger partial charge in [0.25, 0.3) is 11.6 Å². The molecule has 37 heavy (non-hydrogen) atoms. The van der Waals surface area contributed by atoms with Crippen molar-refractivity contribution in [3.05, 3.63) is 106 Å². The Kier molecular flexibility index (Phi) is 7.89. The maximum absolute atomic E-state index is 13.1. The standard InChI is InChI=1S/C25H21FN6O4S/c1-16-7-8-17(13-21(16)32(35)36)24(34)27-14-22-29-30-25(31(22)20-5-3-2-4-6-20)37-15-23(33)28-19-11-9-18(26)10-12-19/h2-13H,14-15H2,1H3,(H,27,34)(H,28,33). The van der Waals surface area contributed by atoms with Gasteiger partial charge in [0.15, 0.2) is 11.0 Å². The van der Waals surface area contributed by atoms with Gasteiger partial charge in [0, 0.05) is 28.6 Å². The Morgan fingerprint density at radius 2 is 1.78 bits per heavy atom. The van der Waals surface area contributed by atoms with Gasteiger partial charge in [0.1, 0.15) is 5.82 Å². The number of carbonyl (C=O) groups is 2. The molecule has 0 radical (unpaired) electrons. The maximum atomic E-state index is 13.1. The van der Waals surface area contributed by atoms with Crippen molar-refractivity contribution in [3.63, 3.8) is 0 Å². The minimum Gasteiger partial charge on any atom is -0.345 e. The number of nitro groups is 1. The molecule has 0 aliphatic heterocycles. The van der Waals surface area contributed by atoms with Gasteiger partial charge in [0.05, 0.1) is 17.2 Å². The monoisotopic (exact) mass is 520 g/mol. The number of amides is 2. The van der Waals surface area contributed by atoms with E-state index in [1.165, 1.54) is 42.5 Å². The highest BCUT2D eigenvalue weighted by Crippen LogP contribution is 2.23. The molecule has 0 saturated carbocycles. The minimum atomic E-state index is -0.534. The molecule has 0 atom stereocenters. The van der Waals surface area contributed by atoms with Crippen molar-refractivity contribution in [1.29, 1.82) is 0 Å². The van der Waals surface area contributed by atoms with E-state index >= 15 is 0 Å². The van der Waals surface area contributed by atoms with E-state index in [2.05, 4.69) is 20.8 Å². The molecular formula is C25H21FN6O4S. The summed E-state index contributed by atoms with van der Waals surface area (Å²) in [5.74, 6) is -0.790. The zero-order valence-corrected chi connectivity index (χ0v) is 20.4. The van der Waals surface area contributed by atoms with Gasteiger partial charge in [0.2, 0.25) is 5.91 Å².